The third-order valence-electron chi connectivity index (χ3n) is 5.78. The first kappa shape index (κ1) is 23.7. The molecule has 5 rings (SSSR count). The van der Waals surface area contributed by atoms with Crippen molar-refractivity contribution in [3.05, 3.63) is 110 Å². The first-order valence-corrected chi connectivity index (χ1v) is 12.2. The molecule has 0 N–H and O–H groups in total. The minimum atomic E-state index is -0.526. The summed E-state index contributed by atoms with van der Waals surface area (Å²) in [7, 11) is 1.75. The molecule has 0 saturated carbocycles. The van der Waals surface area contributed by atoms with Crippen molar-refractivity contribution < 1.29 is 0 Å². The van der Waals surface area contributed by atoms with Crippen LogP contribution in [0.4, 0.5) is 0 Å². The maximum absolute atomic E-state index is 14.0. The third-order valence-corrected chi connectivity index (χ3v) is 7.26. The van der Waals surface area contributed by atoms with Gasteiger partial charge in [-0.2, -0.15) is 5.10 Å². The zero-order valence-corrected chi connectivity index (χ0v) is 21.1. The summed E-state index contributed by atoms with van der Waals surface area (Å²) in [6.07, 6.45) is 3.00. The van der Waals surface area contributed by atoms with E-state index in [9.17, 15) is 9.59 Å². The molecule has 0 aliphatic heterocycles. The van der Waals surface area contributed by atoms with Crippen LogP contribution in [-0.4, -0.2) is 30.6 Å². The Morgan fingerprint density at radius 3 is 2.61 bits per heavy atom. The Kier molecular flexibility index (Phi) is 6.26. The van der Waals surface area contributed by atoms with Crippen LogP contribution in [-0.2, 0) is 13.6 Å². The van der Waals surface area contributed by atoms with Gasteiger partial charge in [0.25, 0.3) is 5.56 Å². The molecule has 5 aromatic rings. The summed E-state index contributed by atoms with van der Waals surface area (Å²) >= 11 is 7.74. The highest BCUT2D eigenvalue weighted by Crippen LogP contribution is 2.35. The van der Waals surface area contributed by atoms with Crippen molar-refractivity contribution in [2.45, 2.75) is 13.5 Å². The van der Waals surface area contributed by atoms with Crippen LogP contribution in [0.5, 0.6) is 0 Å². The van der Waals surface area contributed by atoms with Crippen molar-refractivity contribution in [2.24, 2.45) is 12.0 Å². The number of aromatic nitrogens is 5. The molecule has 180 valence electrons. The van der Waals surface area contributed by atoms with E-state index in [4.69, 9.17) is 11.6 Å². The largest absolute Gasteiger partial charge is 0.336 e. The topological polar surface area (TPSA) is 87.1 Å². The number of fused-ring (bicyclic) bond motifs is 1. The van der Waals surface area contributed by atoms with Crippen molar-refractivity contribution in [3.8, 4) is 10.4 Å². The lowest BCUT2D eigenvalue weighted by molar-refractivity contribution is 0.672. The highest BCUT2D eigenvalue weighted by Gasteiger charge is 2.22. The minimum Gasteiger partial charge on any atom is -0.284 e. The monoisotopic (exact) mass is 516 g/mol. The highest BCUT2D eigenvalue weighted by atomic mass is 35.5. The van der Waals surface area contributed by atoms with Crippen LogP contribution in [0, 0.1) is 6.92 Å². The zero-order chi connectivity index (χ0) is 25.4. The maximum Gasteiger partial charge on any atom is 0.336 e. The maximum atomic E-state index is 14.0. The number of hydrogen-bond acceptors (Lipinski definition) is 6. The van der Waals surface area contributed by atoms with Crippen LogP contribution in [0.1, 0.15) is 17.0 Å². The second kappa shape index (κ2) is 9.52. The second-order valence-electron chi connectivity index (χ2n) is 8.16. The van der Waals surface area contributed by atoms with Crippen molar-refractivity contribution in [1.29, 1.82) is 0 Å². The van der Waals surface area contributed by atoms with E-state index in [0.717, 1.165) is 20.6 Å². The standard InChI is InChI=1S/C26H21ClN6O2S/c1-16-8-4-5-9-17(16)21(13-28-2)33-25(34)24-20(12-22(36-24)18-10-6-7-11-19(18)27)32(26(33)35)14-23-29-15-31(3)30-23/h4-13,15H,2,14H2,1,3H3/b21-13+. The number of rotatable bonds is 6. The molecule has 0 amide bonds. The Balaban J connectivity index is 1.85. The molecule has 0 atom stereocenters. The van der Waals surface area contributed by atoms with E-state index in [1.165, 1.54) is 22.1 Å². The lowest BCUT2D eigenvalue weighted by atomic mass is 10.1. The second-order valence-corrected chi connectivity index (χ2v) is 9.62. The number of nitrogens with zero attached hydrogens (tertiary/aromatic N) is 6. The van der Waals surface area contributed by atoms with Gasteiger partial charge < -0.3 is 0 Å². The van der Waals surface area contributed by atoms with E-state index >= 15 is 0 Å². The van der Waals surface area contributed by atoms with Crippen molar-refractivity contribution in [1.82, 2.24) is 23.9 Å². The van der Waals surface area contributed by atoms with Crippen LogP contribution in [0.2, 0.25) is 5.02 Å². The normalized spacial score (nSPS) is 11.8. The molecule has 0 spiro atoms. The molecule has 3 aromatic heterocycles. The van der Waals surface area contributed by atoms with Gasteiger partial charge in [-0.25, -0.2) is 14.3 Å². The number of aryl methyl sites for hydroxylation is 2. The van der Waals surface area contributed by atoms with E-state index in [1.807, 2.05) is 55.5 Å². The average molecular weight is 517 g/mol. The van der Waals surface area contributed by atoms with Gasteiger partial charge in [-0.1, -0.05) is 54.1 Å². The van der Waals surface area contributed by atoms with Crippen molar-refractivity contribution >= 4 is 45.6 Å². The number of thiophene rings is 1. The Labute approximate surface area is 215 Å². The van der Waals surface area contributed by atoms with Gasteiger partial charge in [-0.15, -0.1) is 11.3 Å². The SMILES string of the molecule is C=N/C=C(\c1ccccc1C)n1c(=O)c2sc(-c3ccccc3Cl)cc2n(Cc2ncn(C)n2)c1=O. The molecule has 0 fully saturated rings. The number of benzene rings is 2. The lowest BCUT2D eigenvalue weighted by Gasteiger charge is -2.15. The van der Waals surface area contributed by atoms with Gasteiger partial charge in [0.15, 0.2) is 5.82 Å². The van der Waals surface area contributed by atoms with E-state index in [1.54, 1.807) is 24.1 Å². The van der Waals surface area contributed by atoms with Gasteiger partial charge in [0.2, 0.25) is 0 Å². The molecule has 3 heterocycles. The van der Waals surface area contributed by atoms with Crippen LogP contribution in [0.15, 0.2) is 81.7 Å². The summed E-state index contributed by atoms with van der Waals surface area (Å²) in [6, 6.07) is 16.7. The molecule has 10 heteroatoms. The molecule has 2 aromatic carbocycles. The fourth-order valence-corrected chi connectivity index (χ4v) is 5.52. The first-order chi connectivity index (χ1) is 17.4. The van der Waals surface area contributed by atoms with E-state index < -0.39 is 11.2 Å². The average Bonchev–Trinajstić information content (AvgIpc) is 3.48. The molecule has 0 saturated heterocycles. The zero-order valence-electron chi connectivity index (χ0n) is 19.6. The van der Waals surface area contributed by atoms with Gasteiger partial charge in [0.1, 0.15) is 11.0 Å². The fourth-order valence-electron chi connectivity index (χ4n) is 4.10. The summed E-state index contributed by atoms with van der Waals surface area (Å²) in [5, 5.41) is 4.89. The number of aliphatic imine (C=N–C) groups is 1. The summed E-state index contributed by atoms with van der Waals surface area (Å²) in [6.45, 7) is 5.55. The smallest absolute Gasteiger partial charge is 0.284 e. The van der Waals surface area contributed by atoms with Gasteiger partial charge >= 0.3 is 5.69 Å². The summed E-state index contributed by atoms with van der Waals surface area (Å²) in [5.74, 6) is 0.444. The van der Waals surface area contributed by atoms with E-state index in [2.05, 4.69) is 21.8 Å². The van der Waals surface area contributed by atoms with Gasteiger partial charge in [-0.05, 0) is 31.3 Å². The molecule has 0 bridgehead atoms. The molecular weight excluding hydrogens is 496 g/mol. The van der Waals surface area contributed by atoms with Crippen molar-refractivity contribution in [2.75, 3.05) is 0 Å². The van der Waals surface area contributed by atoms with Crippen molar-refractivity contribution in [3.63, 3.8) is 0 Å². The molecule has 0 unspecified atom stereocenters. The fraction of sp³-hybridized carbons (Fsp3) is 0.115. The molecule has 0 aliphatic carbocycles. The summed E-state index contributed by atoms with van der Waals surface area (Å²) in [4.78, 5) is 36.8. The summed E-state index contributed by atoms with van der Waals surface area (Å²) < 4.78 is 4.63. The highest BCUT2D eigenvalue weighted by molar-refractivity contribution is 7.22. The predicted molar refractivity (Wildman–Crippen MR) is 145 cm³/mol. The molecule has 8 nitrogen and oxygen atoms in total. The van der Waals surface area contributed by atoms with Gasteiger partial charge in [-0.3, -0.25) is 19.0 Å². The van der Waals surface area contributed by atoms with E-state index in [0.29, 0.717) is 32.3 Å². The van der Waals surface area contributed by atoms with E-state index in [-0.39, 0.29) is 6.54 Å². The van der Waals surface area contributed by atoms with Crippen LogP contribution in [0.25, 0.3) is 26.4 Å². The first-order valence-electron chi connectivity index (χ1n) is 11.0. The van der Waals surface area contributed by atoms with Crippen LogP contribution >= 0.6 is 22.9 Å². The molecule has 36 heavy (non-hydrogen) atoms. The molecule has 0 radical (unpaired) electrons. The van der Waals surface area contributed by atoms with Crippen LogP contribution in [0.3, 0.4) is 0 Å². The Hall–Kier alpha value is -4.08. The lowest BCUT2D eigenvalue weighted by Crippen LogP contribution is -2.39. The Morgan fingerprint density at radius 1 is 1.17 bits per heavy atom. The predicted octanol–water partition coefficient (Wildman–Crippen LogP) is 4.58. The number of hydrogen-bond donors (Lipinski definition) is 0. The minimum absolute atomic E-state index is 0.0811. The quantitative estimate of drug-likeness (QED) is 0.309. The summed E-state index contributed by atoms with van der Waals surface area (Å²) in [5.41, 5.74) is 2.24. The molecular formula is C26H21ClN6O2S. The Bertz CT molecular complexity index is 1780. The van der Waals surface area contributed by atoms with Gasteiger partial charge in [0.05, 0.1) is 24.0 Å². The van der Waals surface area contributed by atoms with Crippen LogP contribution < -0.4 is 11.2 Å². The Morgan fingerprint density at radius 2 is 1.92 bits per heavy atom. The van der Waals surface area contributed by atoms with Gasteiger partial charge in [0, 0.05) is 28.1 Å². The number of halogens is 1. The third kappa shape index (κ3) is 4.12. The molecule has 0 aliphatic rings.